The molecule has 12 heteroatoms. The Hall–Kier alpha value is -3.63. The zero-order valence-electron chi connectivity index (χ0n) is 31.8. The molecule has 290 valence electrons. The lowest BCUT2D eigenvalue weighted by Crippen LogP contribution is -2.64. The molecule has 54 heavy (non-hydrogen) atoms. The quantitative estimate of drug-likeness (QED) is 0.174. The molecule has 0 radical (unpaired) electrons. The molecule has 1 saturated heterocycles. The normalized spacial score (nSPS) is 18.6. The SMILES string of the molecule is COc1cccc(OCCN(C(=O)C2=C(c3ccc(CCOc4c(C)ccc(C)c4C)cc3)CC3CNCC2N3C(=O)OC(C)(C)C(Cl)(Cl)Cl)C2CC2)c1. The molecule has 6 rings (SSSR count). The Bertz CT molecular complexity index is 1870. The van der Waals surface area contributed by atoms with Crippen molar-refractivity contribution < 1.29 is 28.5 Å². The number of nitrogens with one attached hydrogen (secondary N) is 1. The smallest absolute Gasteiger partial charge is 0.411 e. The summed E-state index contributed by atoms with van der Waals surface area (Å²) in [6, 6.07) is 19.2. The van der Waals surface area contributed by atoms with E-state index in [4.69, 9.17) is 53.8 Å². The van der Waals surface area contributed by atoms with E-state index in [0.29, 0.717) is 56.3 Å². The standard InChI is InChI=1S/C42H50Cl3N3O6/c1-26-10-11-27(2)38(28(26)3)53-20-18-29-12-14-30(15-13-29)35-22-32-24-46-25-36(48(32)40(50)54-41(4,5)42(43,44)45)37(35)39(49)47(31-16-17-31)19-21-52-34-9-7-8-33(23-34)51-6/h7-15,23,31-32,36,46H,16-22,24-25H2,1-6H3. The first-order valence-electron chi connectivity index (χ1n) is 18.6. The van der Waals surface area contributed by atoms with Gasteiger partial charge in [-0.3, -0.25) is 9.69 Å². The molecular weight excluding hydrogens is 749 g/mol. The van der Waals surface area contributed by atoms with Crippen LogP contribution in [0.1, 0.15) is 60.9 Å². The number of aryl methyl sites for hydroxylation is 2. The van der Waals surface area contributed by atoms with Gasteiger partial charge in [0.2, 0.25) is 3.79 Å². The second-order valence-electron chi connectivity index (χ2n) is 14.9. The highest BCUT2D eigenvalue weighted by atomic mass is 35.6. The van der Waals surface area contributed by atoms with E-state index in [1.807, 2.05) is 29.2 Å². The van der Waals surface area contributed by atoms with Gasteiger partial charge in [0.25, 0.3) is 5.91 Å². The number of benzene rings is 3. The summed E-state index contributed by atoms with van der Waals surface area (Å²) in [4.78, 5) is 32.5. The Morgan fingerprint density at radius 1 is 0.907 bits per heavy atom. The predicted molar refractivity (Wildman–Crippen MR) is 214 cm³/mol. The molecule has 2 bridgehead atoms. The number of nitrogens with zero attached hydrogens (tertiary/aromatic N) is 2. The fourth-order valence-corrected chi connectivity index (χ4v) is 7.30. The molecule has 1 aliphatic carbocycles. The van der Waals surface area contributed by atoms with E-state index in [2.05, 4.69) is 62.5 Å². The molecule has 9 nitrogen and oxygen atoms in total. The maximum absolute atomic E-state index is 14.9. The van der Waals surface area contributed by atoms with Gasteiger partial charge in [-0.15, -0.1) is 0 Å². The molecule has 3 aromatic rings. The summed E-state index contributed by atoms with van der Waals surface area (Å²) in [7, 11) is 1.61. The van der Waals surface area contributed by atoms with E-state index in [9.17, 15) is 9.59 Å². The third-order valence-electron chi connectivity index (χ3n) is 10.7. The highest BCUT2D eigenvalue weighted by Crippen LogP contribution is 2.43. The van der Waals surface area contributed by atoms with Gasteiger partial charge >= 0.3 is 6.09 Å². The molecule has 1 saturated carbocycles. The molecule has 2 unspecified atom stereocenters. The average Bonchev–Trinajstić information content (AvgIpc) is 3.98. The van der Waals surface area contributed by atoms with Crippen molar-refractivity contribution in [2.45, 2.75) is 87.8 Å². The van der Waals surface area contributed by atoms with Gasteiger partial charge in [-0.1, -0.05) is 77.3 Å². The topological polar surface area (TPSA) is 89.6 Å². The number of hydrogen-bond donors (Lipinski definition) is 1. The van der Waals surface area contributed by atoms with Crippen LogP contribution in [-0.2, 0) is 16.0 Å². The van der Waals surface area contributed by atoms with Gasteiger partial charge in [0.15, 0.2) is 5.60 Å². The summed E-state index contributed by atoms with van der Waals surface area (Å²) in [6.45, 7) is 11.5. The summed E-state index contributed by atoms with van der Waals surface area (Å²) < 4.78 is 21.7. The number of hydrogen-bond acceptors (Lipinski definition) is 7. The fraction of sp³-hybridized carbons (Fsp3) is 0.476. The Labute approximate surface area is 333 Å². The third kappa shape index (κ3) is 8.91. The van der Waals surface area contributed by atoms with Crippen LogP contribution in [0.25, 0.3) is 5.57 Å². The average molecular weight is 799 g/mol. The number of amides is 2. The summed E-state index contributed by atoms with van der Waals surface area (Å²) in [5.74, 6) is 2.18. The van der Waals surface area contributed by atoms with Crippen LogP contribution in [0.3, 0.4) is 0 Å². The molecule has 2 atom stereocenters. The van der Waals surface area contributed by atoms with Crippen LogP contribution >= 0.6 is 34.8 Å². The predicted octanol–water partition coefficient (Wildman–Crippen LogP) is 8.40. The Kier molecular flexibility index (Phi) is 12.3. The van der Waals surface area contributed by atoms with E-state index < -0.39 is 21.5 Å². The first-order valence-corrected chi connectivity index (χ1v) is 19.7. The van der Waals surface area contributed by atoms with Crippen molar-refractivity contribution in [3.63, 3.8) is 0 Å². The number of piperazine rings is 1. The number of alkyl halides is 3. The second kappa shape index (κ2) is 16.6. The maximum atomic E-state index is 14.9. The minimum absolute atomic E-state index is 0.0844. The van der Waals surface area contributed by atoms with Gasteiger partial charge in [0.1, 0.15) is 23.9 Å². The van der Waals surface area contributed by atoms with Gasteiger partial charge in [-0.2, -0.15) is 0 Å². The van der Waals surface area contributed by atoms with Crippen molar-refractivity contribution in [3.05, 3.63) is 94.1 Å². The number of halogens is 3. The lowest BCUT2D eigenvalue weighted by atomic mass is 9.81. The zero-order valence-corrected chi connectivity index (χ0v) is 34.1. The number of carbonyl (C=O) groups excluding carboxylic acids is 2. The van der Waals surface area contributed by atoms with Crippen LogP contribution in [0.2, 0.25) is 0 Å². The summed E-state index contributed by atoms with van der Waals surface area (Å²) in [5.41, 5.74) is 5.63. The summed E-state index contributed by atoms with van der Waals surface area (Å²) >= 11 is 18.7. The van der Waals surface area contributed by atoms with Crippen molar-refractivity contribution in [2.24, 2.45) is 0 Å². The zero-order chi connectivity index (χ0) is 38.8. The van der Waals surface area contributed by atoms with Crippen molar-refractivity contribution in [1.29, 1.82) is 0 Å². The van der Waals surface area contributed by atoms with Gasteiger partial charge in [0, 0.05) is 37.2 Å². The molecule has 0 spiro atoms. The van der Waals surface area contributed by atoms with Gasteiger partial charge < -0.3 is 29.2 Å². The number of fused-ring (bicyclic) bond motifs is 2. The summed E-state index contributed by atoms with van der Waals surface area (Å²) in [6.07, 6.45) is 2.36. The van der Waals surface area contributed by atoms with Crippen LogP contribution in [0.15, 0.2) is 66.2 Å². The monoisotopic (exact) mass is 797 g/mol. The first-order chi connectivity index (χ1) is 25.7. The summed E-state index contributed by atoms with van der Waals surface area (Å²) in [5, 5.41) is 3.45. The minimum Gasteiger partial charge on any atom is -0.497 e. The highest BCUT2D eigenvalue weighted by Gasteiger charge is 2.50. The third-order valence-corrected chi connectivity index (χ3v) is 12.1. The van der Waals surface area contributed by atoms with Crippen LogP contribution in [-0.4, -0.2) is 89.3 Å². The molecular formula is C42H50Cl3N3O6. The number of methoxy groups -OCH3 is 1. The first kappa shape index (κ1) is 40.0. The van der Waals surface area contributed by atoms with Crippen LogP contribution in [0.5, 0.6) is 17.2 Å². The molecule has 2 fully saturated rings. The number of carbonyl (C=O) groups is 2. The van der Waals surface area contributed by atoms with E-state index in [1.54, 1.807) is 25.9 Å². The van der Waals surface area contributed by atoms with Crippen molar-refractivity contribution >= 4 is 52.4 Å². The van der Waals surface area contributed by atoms with E-state index in [1.165, 1.54) is 5.56 Å². The van der Waals surface area contributed by atoms with Gasteiger partial charge in [0.05, 0.1) is 32.3 Å². The lowest BCUT2D eigenvalue weighted by molar-refractivity contribution is -0.129. The molecule has 3 aliphatic rings. The van der Waals surface area contributed by atoms with Crippen molar-refractivity contribution in [1.82, 2.24) is 15.1 Å². The largest absolute Gasteiger partial charge is 0.497 e. The van der Waals surface area contributed by atoms with Gasteiger partial charge in [-0.25, -0.2) is 4.79 Å². The maximum Gasteiger partial charge on any atom is 0.411 e. The van der Waals surface area contributed by atoms with E-state index in [0.717, 1.165) is 52.8 Å². The highest BCUT2D eigenvalue weighted by molar-refractivity contribution is 6.68. The van der Waals surface area contributed by atoms with Crippen molar-refractivity contribution in [3.8, 4) is 17.2 Å². The van der Waals surface area contributed by atoms with Crippen LogP contribution < -0.4 is 19.5 Å². The second-order valence-corrected chi connectivity index (χ2v) is 17.2. The van der Waals surface area contributed by atoms with E-state index in [-0.39, 0.29) is 18.0 Å². The van der Waals surface area contributed by atoms with Crippen LogP contribution in [0, 0.1) is 20.8 Å². The van der Waals surface area contributed by atoms with Crippen molar-refractivity contribution in [2.75, 3.05) is 40.0 Å². The molecule has 2 heterocycles. The Morgan fingerprint density at radius 2 is 1.61 bits per heavy atom. The lowest BCUT2D eigenvalue weighted by Gasteiger charge is -2.48. The molecule has 1 N–H and O–H groups in total. The van der Waals surface area contributed by atoms with E-state index >= 15 is 0 Å². The molecule has 2 aliphatic heterocycles. The van der Waals surface area contributed by atoms with Crippen LogP contribution in [0.4, 0.5) is 4.79 Å². The number of ether oxygens (including phenoxy) is 4. The van der Waals surface area contributed by atoms with Gasteiger partial charge in [-0.05, 0) is 99.4 Å². The number of rotatable bonds is 13. The molecule has 0 aromatic heterocycles. The Balaban J connectivity index is 1.28. The minimum atomic E-state index is -1.86. The molecule has 2 amide bonds. The Morgan fingerprint density at radius 3 is 2.30 bits per heavy atom. The fourth-order valence-electron chi connectivity index (χ4n) is 7.18. The molecule has 3 aromatic carbocycles.